The molecule has 0 radical (unpaired) electrons. The molecule has 0 spiro atoms. The number of hydrogen-bond donors (Lipinski definition) is 0. The fourth-order valence-electron chi connectivity index (χ4n) is 1.61. The predicted molar refractivity (Wildman–Crippen MR) is 45.8 cm³/mol. The van der Waals surface area contributed by atoms with Gasteiger partial charge >= 0.3 is 0 Å². The van der Waals surface area contributed by atoms with E-state index >= 15 is 0 Å². The summed E-state index contributed by atoms with van der Waals surface area (Å²) in [4.78, 5) is 0.399. The third-order valence-corrected chi connectivity index (χ3v) is 2.60. The minimum absolute atomic E-state index is 0.0901. The van der Waals surface area contributed by atoms with E-state index in [0.717, 1.165) is 0 Å². The Morgan fingerprint density at radius 1 is 1.15 bits per heavy atom. The first-order chi connectivity index (χ1) is 6.11. The number of hydrogen-bond acceptors (Lipinski definition) is 1. The van der Waals surface area contributed by atoms with Crippen LogP contribution in [0, 0.1) is 0 Å². The molecule has 70 valence electrons. The summed E-state index contributed by atoms with van der Waals surface area (Å²) in [6, 6.07) is 4.62. The van der Waals surface area contributed by atoms with Crippen LogP contribution >= 0.6 is 12.1 Å². The van der Waals surface area contributed by atoms with Gasteiger partial charge in [-0.1, -0.05) is 6.07 Å². The fraction of sp³-hybridized carbons (Fsp3) is 0.333. The number of fused-ring (bicyclic) bond motifs is 1. The van der Waals surface area contributed by atoms with E-state index in [1.54, 1.807) is 6.07 Å². The first-order valence-electron chi connectivity index (χ1n) is 3.89. The van der Waals surface area contributed by atoms with Crippen LogP contribution in [0.25, 0.3) is 0 Å². The summed E-state index contributed by atoms with van der Waals surface area (Å²) in [5, 5.41) is 0. The summed E-state index contributed by atoms with van der Waals surface area (Å²) in [5.74, 6) is -2.64. The largest absolute Gasteiger partial charge is 0.256 e. The number of benzene rings is 1. The van der Waals surface area contributed by atoms with E-state index in [2.05, 4.69) is 0 Å². The Balaban J connectivity index is 2.36. The van der Waals surface area contributed by atoms with Crippen LogP contribution < -0.4 is 0 Å². The second-order valence-corrected chi connectivity index (χ2v) is 3.84. The van der Waals surface area contributed by atoms with Crippen molar-refractivity contribution in [1.29, 1.82) is 0 Å². The molecule has 0 N–H and O–H groups in total. The van der Waals surface area contributed by atoms with E-state index in [9.17, 15) is 12.7 Å². The van der Waals surface area contributed by atoms with Gasteiger partial charge in [-0.2, -0.15) is 3.89 Å². The Kier molecular flexibility index (Phi) is 2.02. The third-order valence-electron chi connectivity index (χ3n) is 2.16. The third kappa shape index (κ3) is 1.68. The van der Waals surface area contributed by atoms with Crippen molar-refractivity contribution in [2.75, 3.05) is 0 Å². The number of halogens is 3. The van der Waals surface area contributed by atoms with Crippen LogP contribution in [0.1, 0.15) is 11.1 Å². The molecule has 1 aromatic rings. The Labute approximate surface area is 78.4 Å². The number of alkyl halides is 2. The summed E-state index contributed by atoms with van der Waals surface area (Å²) < 4.78 is 37.9. The second-order valence-electron chi connectivity index (χ2n) is 3.22. The molecule has 0 heterocycles. The lowest BCUT2D eigenvalue weighted by atomic mass is 10.1. The van der Waals surface area contributed by atoms with E-state index in [0.29, 0.717) is 16.0 Å². The maximum absolute atomic E-state index is 12.9. The molecule has 1 aromatic carbocycles. The van der Waals surface area contributed by atoms with Gasteiger partial charge in [-0.05, 0) is 23.3 Å². The minimum Gasteiger partial charge on any atom is -0.206 e. The van der Waals surface area contributed by atoms with Crippen molar-refractivity contribution in [3.63, 3.8) is 0 Å². The molecule has 0 aromatic heterocycles. The Bertz CT molecular complexity index is 336. The summed E-state index contributed by atoms with van der Waals surface area (Å²) in [7, 11) is 0. The maximum Gasteiger partial charge on any atom is 0.256 e. The van der Waals surface area contributed by atoms with Gasteiger partial charge in [0.15, 0.2) is 0 Å². The highest BCUT2D eigenvalue weighted by atomic mass is 32.2. The monoisotopic (exact) mass is 204 g/mol. The highest BCUT2D eigenvalue weighted by molar-refractivity contribution is 7.94. The molecule has 0 atom stereocenters. The molecule has 0 nitrogen and oxygen atoms in total. The molecule has 2 rings (SSSR count). The van der Waals surface area contributed by atoms with Crippen LogP contribution in [-0.4, -0.2) is 5.92 Å². The quantitative estimate of drug-likeness (QED) is 0.675. The zero-order valence-electron chi connectivity index (χ0n) is 6.69. The molecule has 4 heteroatoms. The highest BCUT2D eigenvalue weighted by Crippen LogP contribution is 2.36. The summed E-state index contributed by atoms with van der Waals surface area (Å²) in [6.07, 6.45) is -0.462. The molecule has 0 saturated heterocycles. The molecule has 13 heavy (non-hydrogen) atoms. The molecular formula is C9H7F3S. The van der Waals surface area contributed by atoms with E-state index < -0.39 is 5.92 Å². The van der Waals surface area contributed by atoms with Gasteiger partial charge in [-0.3, -0.25) is 0 Å². The van der Waals surface area contributed by atoms with E-state index in [1.807, 2.05) is 0 Å². The van der Waals surface area contributed by atoms with Crippen molar-refractivity contribution >= 4 is 12.1 Å². The minimum atomic E-state index is -2.64. The SMILES string of the molecule is FSc1ccc2c(c1)CC(F)(F)C2. The molecule has 1 aliphatic carbocycles. The molecule has 0 fully saturated rings. The van der Waals surface area contributed by atoms with Gasteiger partial charge in [0.2, 0.25) is 0 Å². The van der Waals surface area contributed by atoms with E-state index in [4.69, 9.17) is 0 Å². The van der Waals surface area contributed by atoms with Crippen molar-refractivity contribution in [3.8, 4) is 0 Å². The van der Waals surface area contributed by atoms with Crippen molar-refractivity contribution in [1.82, 2.24) is 0 Å². The summed E-state index contributed by atoms with van der Waals surface area (Å²) in [5.41, 5.74) is 1.22. The molecule has 1 aliphatic rings. The standard InChI is InChI=1S/C9H7F3S/c10-9(11)4-6-1-2-8(13-12)3-7(6)5-9/h1-3H,4-5H2. The van der Waals surface area contributed by atoms with Crippen molar-refractivity contribution in [3.05, 3.63) is 29.3 Å². The lowest BCUT2D eigenvalue weighted by Gasteiger charge is -2.04. The first kappa shape index (κ1) is 8.94. The molecule has 0 saturated carbocycles. The van der Waals surface area contributed by atoms with Crippen LogP contribution in [0.3, 0.4) is 0 Å². The van der Waals surface area contributed by atoms with Gasteiger partial charge < -0.3 is 0 Å². The van der Waals surface area contributed by atoms with Gasteiger partial charge in [0, 0.05) is 17.7 Å². The summed E-state index contributed by atoms with van der Waals surface area (Å²) in [6.45, 7) is 0. The molecule has 0 unspecified atom stereocenters. The van der Waals surface area contributed by atoms with Gasteiger partial charge in [-0.15, -0.1) is 0 Å². The lowest BCUT2D eigenvalue weighted by molar-refractivity contribution is 0.0130. The van der Waals surface area contributed by atoms with Crippen LogP contribution in [0.5, 0.6) is 0 Å². The van der Waals surface area contributed by atoms with Gasteiger partial charge in [-0.25, -0.2) is 8.78 Å². The zero-order chi connectivity index (χ0) is 9.47. The summed E-state index contributed by atoms with van der Waals surface area (Å²) >= 11 is 0.0901. The van der Waals surface area contributed by atoms with Crippen molar-refractivity contribution < 1.29 is 12.7 Å². The predicted octanol–water partition coefficient (Wildman–Crippen LogP) is 3.40. The fourth-order valence-corrected chi connectivity index (χ4v) is 1.91. The smallest absolute Gasteiger partial charge is 0.206 e. The Morgan fingerprint density at radius 2 is 1.85 bits per heavy atom. The highest BCUT2D eigenvalue weighted by Gasteiger charge is 2.37. The zero-order valence-corrected chi connectivity index (χ0v) is 7.50. The van der Waals surface area contributed by atoms with Gasteiger partial charge in [0.05, 0.1) is 12.1 Å². The lowest BCUT2D eigenvalue weighted by Crippen LogP contribution is -2.14. The van der Waals surface area contributed by atoms with Gasteiger partial charge in [0.25, 0.3) is 5.92 Å². The van der Waals surface area contributed by atoms with Gasteiger partial charge in [0.1, 0.15) is 0 Å². The average Bonchev–Trinajstić information content (AvgIpc) is 2.36. The average molecular weight is 204 g/mol. The normalized spacial score (nSPS) is 18.7. The van der Waals surface area contributed by atoms with Crippen LogP contribution in [0.2, 0.25) is 0 Å². The van der Waals surface area contributed by atoms with E-state index in [-0.39, 0.29) is 25.0 Å². The van der Waals surface area contributed by atoms with Crippen LogP contribution in [0.4, 0.5) is 12.7 Å². The van der Waals surface area contributed by atoms with Crippen molar-refractivity contribution in [2.24, 2.45) is 0 Å². The molecule has 0 aliphatic heterocycles. The van der Waals surface area contributed by atoms with Crippen LogP contribution in [-0.2, 0) is 12.8 Å². The number of rotatable bonds is 1. The van der Waals surface area contributed by atoms with Crippen molar-refractivity contribution in [2.45, 2.75) is 23.7 Å². The first-order valence-corrected chi connectivity index (χ1v) is 4.61. The van der Waals surface area contributed by atoms with Crippen LogP contribution in [0.15, 0.2) is 23.1 Å². The molecule has 0 bridgehead atoms. The maximum atomic E-state index is 12.9. The molecule has 0 amide bonds. The Morgan fingerprint density at radius 3 is 2.54 bits per heavy atom. The molecular weight excluding hydrogens is 197 g/mol. The Hall–Kier alpha value is -0.640. The topological polar surface area (TPSA) is 0 Å². The van der Waals surface area contributed by atoms with E-state index in [1.165, 1.54) is 12.1 Å². The second kappa shape index (κ2) is 2.94.